The van der Waals surface area contributed by atoms with Crippen LogP contribution in [0, 0.1) is 0 Å². The van der Waals surface area contributed by atoms with Crippen molar-refractivity contribution < 1.29 is 9.48 Å². The second kappa shape index (κ2) is 6.83. The molecule has 0 radical (unpaired) electrons. The van der Waals surface area contributed by atoms with E-state index in [-0.39, 0.29) is 11.5 Å². The molecule has 0 bridgehead atoms. The van der Waals surface area contributed by atoms with Crippen LogP contribution in [0.5, 0.6) is 0 Å². The van der Waals surface area contributed by atoms with Gasteiger partial charge in [0.1, 0.15) is 0 Å². The molecule has 0 unspecified atom stereocenters. The lowest BCUT2D eigenvalue weighted by atomic mass is 10.0. The van der Waals surface area contributed by atoms with Crippen molar-refractivity contribution in [3.63, 3.8) is 0 Å². The number of amides is 1. The first-order valence-corrected chi connectivity index (χ1v) is 9.86. The molecule has 1 atom stereocenters. The lowest BCUT2D eigenvalue weighted by molar-refractivity contribution is -0.763. The van der Waals surface area contributed by atoms with Gasteiger partial charge in [-0.15, -0.1) is 0 Å². The van der Waals surface area contributed by atoms with E-state index in [1.807, 2.05) is 42.7 Å². The van der Waals surface area contributed by atoms with E-state index in [1.165, 1.54) is 18.7 Å². The van der Waals surface area contributed by atoms with E-state index >= 15 is 0 Å². The number of aromatic amines is 1. The minimum Gasteiger partial charge on any atom is -0.291 e. The SMILES string of the molecule is CSc1n[n+]2c(c(=O)[nH]1)-c1ccccc1N(C(C)=O)[C@H]2c1cccc(Cl)c1. The molecule has 27 heavy (non-hydrogen) atoms. The fourth-order valence-electron chi connectivity index (χ4n) is 3.37. The summed E-state index contributed by atoms with van der Waals surface area (Å²) in [5.74, 6) is -0.154. The predicted molar refractivity (Wildman–Crippen MR) is 105 cm³/mol. The molecule has 2 aromatic carbocycles. The Kier molecular flexibility index (Phi) is 4.49. The van der Waals surface area contributed by atoms with Crippen LogP contribution in [0.4, 0.5) is 5.69 Å². The second-order valence-corrected chi connectivity index (χ2v) is 7.32. The summed E-state index contributed by atoms with van der Waals surface area (Å²) in [5.41, 5.74) is 2.25. The maximum absolute atomic E-state index is 12.9. The van der Waals surface area contributed by atoms with Crippen molar-refractivity contribution in [2.45, 2.75) is 18.2 Å². The van der Waals surface area contributed by atoms with Crippen LogP contribution in [0.25, 0.3) is 11.3 Å². The second-order valence-electron chi connectivity index (χ2n) is 6.09. The first kappa shape index (κ1) is 17.8. The number of anilines is 1. The number of nitrogens with one attached hydrogen (secondary N) is 1. The van der Waals surface area contributed by atoms with E-state index in [2.05, 4.69) is 10.1 Å². The van der Waals surface area contributed by atoms with Crippen LogP contribution in [0.1, 0.15) is 18.7 Å². The summed E-state index contributed by atoms with van der Waals surface area (Å²) in [7, 11) is 0. The molecule has 136 valence electrons. The zero-order valence-electron chi connectivity index (χ0n) is 14.6. The zero-order valence-corrected chi connectivity index (χ0v) is 16.2. The molecule has 0 saturated heterocycles. The molecule has 1 N–H and O–H groups in total. The van der Waals surface area contributed by atoms with E-state index in [0.29, 0.717) is 27.1 Å². The number of carbonyl (C=O) groups excluding carboxylic acids is 1. The summed E-state index contributed by atoms with van der Waals surface area (Å²) < 4.78 is 1.61. The summed E-state index contributed by atoms with van der Waals surface area (Å²) in [5, 5.41) is 5.62. The number of para-hydroxylation sites is 1. The van der Waals surface area contributed by atoms with Gasteiger partial charge in [0.25, 0.3) is 6.17 Å². The standard InChI is InChI=1S/C19H15ClN4O2S/c1-11(25)23-15-9-4-3-8-14(15)16-17(26)21-19(27-2)22-24(16)18(23)12-6-5-7-13(20)10-12/h3-10,18H,1-2H3/p+1/t18-/m1/s1. The topological polar surface area (TPSA) is 69.9 Å². The highest BCUT2D eigenvalue weighted by Crippen LogP contribution is 2.37. The fourth-order valence-corrected chi connectivity index (χ4v) is 3.94. The van der Waals surface area contributed by atoms with Crippen molar-refractivity contribution in [2.24, 2.45) is 0 Å². The first-order valence-electron chi connectivity index (χ1n) is 8.26. The van der Waals surface area contributed by atoms with E-state index in [0.717, 1.165) is 5.56 Å². The highest BCUT2D eigenvalue weighted by atomic mass is 35.5. The third-order valence-corrected chi connectivity index (χ3v) is 5.24. The Labute approximate surface area is 164 Å². The number of aromatic nitrogens is 3. The van der Waals surface area contributed by atoms with Crippen LogP contribution in [0.2, 0.25) is 5.02 Å². The van der Waals surface area contributed by atoms with Crippen LogP contribution in [-0.4, -0.2) is 22.2 Å². The molecule has 0 spiro atoms. The maximum atomic E-state index is 12.9. The van der Waals surface area contributed by atoms with E-state index < -0.39 is 6.17 Å². The van der Waals surface area contributed by atoms with E-state index in [1.54, 1.807) is 21.7 Å². The van der Waals surface area contributed by atoms with Gasteiger partial charge in [-0.2, -0.15) is 0 Å². The van der Waals surface area contributed by atoms with Gasteiger partial charge < -0.3 is 0 Å². The molecule has 8 heteroatoms. The summed E-state index contributed by atoms with van der Waals surface area (Å²) in [4.78, 5) is 30.0. The van der Waals surface area contributed by atoms with Gasteiger partial charge in [0.2, 0.25) is 11.1 Å². The van der Waals surface area contributed by atoms with Gasteiger partial charge in [-0.1, -0.05) is 47.6 Å². The number of H-pyrrole nitrogens is 1. The maximum Gasteiger partial charge on any atom is 0.325 e. The molecule has 0 saturated carbocycles. The number of carbonyl (C=O) groups is 1. The summed E-state index contributed by atoms with van der Waals surface area (Å²) in [6, 6.07) is 14.6. The van der Waals surface area contributed by atoms with Gasteiger partial charge in [0.05, 0.1) is 11.3 Å². The van der Waals surface area contributed by atoms with E-state index in [9.17, 15) is 9.59 Å². The van der Waals surface area contributed by atoms with Gasteiger partial charge in [-0.25, -0.2) is 4.90 Å². The summed E-state index contributed by atoms with van der Waals surface area (Å²) >= 11 is 7.53. The first-order chi connectivity index (χ1) is 13.0. The highest BCUT2D eigenvalue weighted by Gasteiger charge is 2.44. The Bertz CT molecular complexity index is 1110. The molecule has 1 aromatic heterocycles. The lowest BCUT2D eigenvalue weighted by Gasteiger charge is -2.31. The number of hydrogen-bond donors (Lipinski definition) is 1. The zero-order chi connectivity index (χ0) is 19.1. The predicted octanol–water partition coefficient (Wildman–Crippen LogP) is 3.01. The quantitative estimate of drug-likeness (QED) is 0.531. The van der Waals surface area contributed by atoms with Crippen molar-refractivity contribution >= 4 is 35.0 Å². The van der Waals surface area contributed by atoms with Gasteiger partial charge >= 0.3 is 11.3 Å². The fraction of sp³-hybridized carbons (Fsp3) is 0.158. The molecule has 3 aromatic rings. The Hall–Kier alpha value is -2.64. The number of hydrogen-bond acceptors (Lipinski definition) is 4. The average molecular weight is 400 g/mol. The lowest BCUT2D eigenvalue weighted by Crippen LogP contribution is -2.60. The summed E-state index contributed by atoms with van der Waals surface area (Å²) in [6.07, 6.45) is 1.22. The number of halogens is 1. The third-order valence-electron chi connectivity index (χ3n) is 4.44. The molecular formula is C19H16ClN4O2S+. The number of thioether (sulfide) groups is 1. The minimum absolute atomic E-state index is 0.154. The van der Waals surface area contributed by atoms with Crippen LogP contribution in [0.3, 0.4) is 0 Å². The van der Waals surface area contributed by atoms with Crippen molar-refractivity contribution in [1.82, 2.24) is 10.1 Å². The normalized spacial score (nSPS) is 15.2. The Morgan fingerprint density at radius 3 is 2.74 bits per heavy atom. The molecule has 4 rings (SSSR count). The Morgan fingerprint density at radius 1 is 1.26 bits per heavy atom. The van der Waals surface area contributed by atoms with Gasteiger partial charge in [0, 0.05) is 22.6 Å². The number of fused-ring (bicyclic) bond motifs is 3. The van der Waals surface area contributed by atoms with Crippen molar-refractivity contribution in [3.8, 4) is 11.3 Å². The largest absolute Gasteiger partial charge is 0.325 e. The van der Waals surface area contributed by atoms with Gasteiger partial charge in [0.15, 0.2) is 0 Å². The van der Waals surface area contributed by atoms with Crippen molar-refractivity contribution in [3.05, 3.63) is 69.5 Å². The van der Waals surface area contributed by atoms with Crippen molar-refractivity contribution in [1.29, 1.82) is 0 Å². The number of nitrogens with zero attached hydrogens (tertiary/aromatic N) is 3. The van der Waals surface area contributed by atoms with Gasteiger partial charge in [-0.05, 0) is 35.2 Å². The molecule has 1 aliphatic heterocycles. The monoisotopic (exact) mass is 399 g/mol. The number of benzene rings is 2. The molecule has 1 amide bonds. The number of rotatable bonds is 2. The summed E-state index contributed by atoms with van der Waals surface area (Å²) in [6.45, 7) is 1.50. The van der Waals surface area contributed by atoms with Crippen LogP contribution in [-0.2, 0) is 4.79 Å². The van der Waals surface area contributed by atoms with Crippen LogP contribution in [0.15, 0.2) is 58.5 Å². The average Bonchev–Trinajstić information content (AvgIpc) is 2.66. The van der Waals surface area contributed by atoms with Gasteiger partial charge in [-0.3, -0.25) is 14.6 Å². The van der Waals surface area contributed by atoms with Crippen molar-refractivity contribution in [2.75, 3.05) is 11.2 Å². The third kappa shape index (κ3) is 2.93. The molecule has 2 heterocycles. The highest BCUT2D eigenvalue weighted by molar-refractivity contribution is 7.98. The molecular weight excluding hydrogens is 384 g/mol. The molecule has 0 fully saturated rings. The van der Waals surface area contributed by atoms with Crippen LogP contribution >= 0.6 is 23.4 Å². The molecule has 0 aliphatic carbocycles. The van der Waals surface area contributed by atoms with Crippen LogP contribution < -0.4 is 15.1 Å². The Balaban J connectivity index is 2.10. The van der Waals surface area contributed by atoms with E-state index in [4.69, 9.17) is 11.6 Å². The smallest absolute Gasteiger partial charge is 0.291 e. The minimum atomic E-state index is -0.612. The molecule has 1 aliphatic rings. The molecule has 6 nitrogen and oxygen atoms in total. The Morgan fingerprint density at radius 2 is 2.04 bits per heavy atom.